The predicted octanol–water partition coefficient (Wildman–Crippen LogP) is 4.50. The minimum absolute atomic E-state index is 0.190. The predicted molar refractivity (Wildman–Crippen MR) is 117 cm³/mol. The van der Waals surface area contributed by atoms with Crippen LogP contribution in [0.2, 0.25) is 0 Å². The maximum absolute atomic E-state index is 12.6. The molecule has 0 saturated heterocycles. The van der Waals surface area contributed by atoms with E-state index in [4.69, 9.17) is 14.2 Å². The summed E-state index contributed by atoms with van der Waals surface area (Å²) in [5, 5.41) is 3.27. The van der Waals surface area contributed by atoms with Gasteiger partial charge in [-0.3, -0.25) is 4.98 Å². The number of nitrogens with one attached hydrogen (secondary N) is 1. The van der Waals surface area contributed by atoms with Crippen molar-refractivity contribution in [2.75, 3.05) is 13.2 Å². The van der Waals surface area contributed by atoms with Gasteiger partial charge in [-0.05, 0) is 50.6 Å². The molecule has 0 fully saturated rings. The van der Waals surface area contributed by atoms with E-state index < -0.39 is 17.7 Å². The van der Waals surface area contributed by atoms with Gasteiger partial charge >= 0.3 is 12.1 Å². The number of carbonyl (C=O) groups excluding carboxylic acids is 2. The van der Waals surface area contributed by atoms with E-state index in [0.717, 1.165) is 5.56 Å². The summed E-state index contributed by atoms with van der Waals surface area (Å²) in [6.45, 7) is 6.12. The Balaban J connectivity index is 1.62. The van der Waals surface area contributed by atoms with Gasteiger partial charge in [-0.15, -0.1) is 0 Å². The molecule has 0 aliphatic carbocycles. The van der Waals surface area contributed by atoms with Crippen LogP contribution in [0.3, 0.4) is 0 Å². The van der Waals surface area contributed by atoms with Crippen molar-refractivity contribution in [2.24, 2.45) is 0 Å². The lowest BCUT2D eigenvalue weighted by molar-refractivity contribution is 0.0472. The van der Waals surface area contributed by atoms with Crippen molar-refractivity contribution >= 4 is 23.0 Å². The van der Waals surface area contributed by atoms with Crippen molar-refractivity contribution in [3.8, 4) is 5.75 Å². The fraction of sp³-hybridized carbons (Fsp3) is 0.292. The highest BCUT2D eigenvalue weighted by Crippen LogP contribution is 2.23. The number of esters is 1. The number of fused-ring (bicyclic) bond motifs is 1. The lowest BCUT2D eigenvalue weighted by Gasteiger charge is -2.19. The third-order valence-electron chi connectivity index (χ3n) is 4.18. The first-order valence-electron chi connectivity index (χ1n) is 10.0. The van der Waals surface area contributed by atoms with E-state index in [1.165, 1.54) is 0 Å². The zero-order valence-electron chi connectivity index (χ0n) is 17.9. The van der Waals surface area contributed by atoms with Gasteiger partial charge < -0.3 is 19.5 Å². The Labute approximate surface area is 181 Å². The van der Waals surface area contributed by atoms with Crippen LogP contribution in [0, 0.1) is 0 Å². The van der Waals surface area contributed by atoms with Crippen molar-refractivity contribution in [1.82, 2.24) is 10.3 Å². The molecule has 0 bridgehead atoms. The van der Waals surface area contributed by atoms with Crippen LogP contribution in [0.25, 0.3) is 10.9 Å². The standard InChI is InChI=1S/C24H26N2O5/c1-24(2,3)31-23(28)26-13-14-29-18-9-10-21-20(15-18)19(11-12-25-21)22(27)30-16-17-7-5-4-6-8-17/h4-12,15H,13-14,16H2,1-3H3,(H,26,28). The van der Waals surface area contributed by atoms with E-state index in [1.54, 1.807) is 51.2 Å². The van der Waals surface area contributed by atoms with Crippen LogP contribution in [-0.2, 0) is 16.1 Å². The summed E-state index contributed by atoms with van der Waals surface area (Å²) in [6.07, 6.45) is 1.08. The number of hydrogen-bond acceptors (Lipinski definition) is 6. The van der Waals surface area contributed by atoms with Gasteiger partial charge in [0, 0.05) is 11.6 Å². The second-order valence-electron chi connectivity index (χ2n) is 7.88. The van der Waals surface area contributed by atoms with Gasteiger partial charge in [0.25, 0.3) is 0 Å². The number of aromatic nitrogens is 1. The number of amides is 1. The fourth-order valence-corrected chi connectivity index (χ4v) is 2.83. The van der Waals surface area contributed by atoms with E-state index in [1.807, 2.05) is 30.3 Å². The summed E-state index contributed by atoms with van der Waals surface area (Å²) in [6, 6.07) is 16.4. The molecule has 0 unspecified atom stereocenters. The van der Waals surface area contributed by atoms with Crippen LogP contribution >= 0.6 is 0 Å². The summed E-state index contributed by atoms with van der Waals surface area (Å²) in [5.74, 6) is 0.128. The maximum atomic E-state index is 12.6. The SMILES string of the molecule is CC(C)(C)OC(=O)NCCOc1ccc2nccc(C(=O)OCc3ccccc3)c2c1. The number of alkyl carbamates (subject to hydrolysis) is 1. The number of pyridine rings is 1. The molecule has 1 N–H and O–H groups in total. The third-order valence-corrected chi connectivity index (χ3v) is 4.18. The Hall–Kier alpha value is -3.61. The lowest BCUT2D eigenvalue weighted by Crippen LogP contribution is -2.34. The minimum atomic E-state index is -0.554. The zero-order chi connectivity index (χ0) is 22.3. The van der Waals surface area contributed by atoms with Crippen molar-refractivity contribution in [3.05, 3.63) is 71.9 Å². The molecular weight excluding hydrogens is 396 g/mol. The molecule has 3 aromatic rings. The normalized spacial score (nSPS) is 11.1. The van der Waals surface area contributed by atoms with Crippen molar-refractivity contribution in [2.45, 2.75) is 33.0 Å². The highest BCUT2D eigenvalue weighted by molar-refractivity contribution is 6.03. The summed E-state index contributed by atoms with van der Waals surface area (Å²) >= 11 is 0. The zero-order valence-corrected chi connectivity index (χ0v) is 17.9. The Kier molecular flexibility index (Phi) is 7.07. The van der Waals surface area contributed by atoms with Crippen LogP contribution in [0.5, 0.6) is 5.75 Å². The largest absolute Gasteiger partial charge is 0.492 e. The Bertz CT molecular complexity index is 1040. The van der Waals surface area contributed by atoms with Crippen molar-refractivity contribution in [1.29, 1.82) is 0 Å². The smallest absolute Gasteiger partial charge is 0.407 e. The average Bonchev–Trinajstić information content (AvgIpc) is 2.74. The topological polar surface area (TPSA) is 86.8 Å². The van der Waals surface area contributed by atoms with Crippen molar-refractivity contribution < 1.29 is 23.8 Å². The van der Waals surface area contributed by atoms with Crippen LogP contribution < -0.4 is 10.1 Å². The molecule has 0 radical (unpaired) electrons. The molecule has 0 aliphatic rings. The van der Waals surface area contributed by atoms with Gasteiger partial charge in [-0.2, -0.15) is 0 Å². The van der Waals surface area contributed by atoms with Gasteiger partial charge in [0.1, 0.15) is 24.6 Å². The molecule has 0 spiro atoms. The second-order valence-corrected chi connectivity index (χ2v) is 7.88. The van der Waals surface area contributed by atoms with Gasteiger partial charge in [0.2, 0.25) is 0 Å². The number of rotatable bonds is 7. The molecule has 0 saturated carbocycles. The molecule has 7 nitrogen and oxygen atoms in total. The third kappa shape index (κ3) is 6.70. The highest BCUT2D eigenvalue weighted by Gasteiger charge is 2.16. The second kappa shape index (κ2) is 9.93. The van der Waals surface area contributed by atoms with Gasteiger partial charge in [0.05, 0.1) is 17.6 Å². The monoisotopic (exact) mass is 422 g/mol. The Morgan fingerprint density at radius 2 is 1.81 bits per heavy atom. The first kappa shape index (κ1) is 22.1. The van der Waals surface area contributed by atoms with Crippen LogP contribution in [0.15, 0.2) is 60.8 Å². The van der Waals surface area contributed by atoms with Crippen LogP contribution in [-0.4, -0.2) is 35.8 Å². The highest BCUT2D eigenvalue weighted by atomic mass is 16.6. The van der Waals surface area contributed by atoms with E-state index in [-0.39, 0.29) is 19.8 Å². The summed E-state index contributed by atoms with van der Waals surface area (Å²) in [7, 11) is 0. The number of nitrogens with zero attached hydrogens (tertiary/aromatic N) is 1. The molecule has 1 aromatic heterocycles. The molecule has 3 rings (SSSR count). The molecule has 0 aliphatic heterocycles. The molecule has 0 atom stereocenters. The molecular formula is C24H26N2O5. The molecule has 7 heteroatoms. The first-order valence-corrected chi connectivity index (χ1v) is 10.0. The van der Waals surface area contributed by atoms with Crippen molar-refractivity contribution in [3.63, 3.8) is 0 Å². The first-order chi connectivity index (χ1) is 14.8. The van der Waals surface area contributed by atoms with Crippen LogP contribution in [0.4, 0.5) is 4.79 Å². The molecule has 2 aromatic carbocycles. The Morgan fingerprint density at radius 1 is 1.03 bits per heavy atom. The van der Waals surface area contributed by atoms with Gasteiger partial charge in [-0.1, -0.05) is 30.3 Å². The van der Waals surface area contributed by atoms with E-state index >= 15 is 0 Å². The number of benzene rings is 2. The average molecular weight is 422 g/mol. The molecule has 162 valence electrons. The summed E-state index contributed by atoms with van der Waals surface area (Å²) in [4.78, 5) is 28.6. The number of carbonyl (C=O) groups is 2. The van der Waals surface area contributed by atoms with E-state index in [0.29, 0.717) is 22.2 Å². The minimum Gasteiger partial charge on any atom is -0.492 e. The number of ether oxygens (including phenoxy) is 3. The maximum Gasteiger partial charge on any atom is 0.407 e. The van der Waals surface area contributed by atoms with Gasteiger partial charge in [0.15, 0.2) is 0 Å². The molecule has 1 amide bonds. The molecule has 1 heterocycles. The van der Waals surface area contributed by atoms with E-state index in [9.17, 15) is 9.59 Å². The summed E-state index contributed by atoms with van der Waals surface area (Å²) in [5.41, 5.74) is 1.43. The summed E-state index contributed by atoms with van der Waals surface area (Å²) < 4.78 is 16.3. The number of hydrogen-bond donors (Lipinski definition) is 1. The van der Waals surface area contributed by atoms with Gasteiger partial charge in [-0.25, -0.2) is 9.59 Å². The van der Waals surface area contributed by atoms with Crippen LogP contribution in [0.1, 0.15) is 36.7 Å². The molecule has 31 heavy (non-hydrogen) atoms. The quantitative estimate of drug-likeness (QED) is 0.446. The fourth-order valence-electron chi connectivity index (χ4n) is 2.83. The lowest BCUT2D eigenvalue weighted by atomic mass is 10.1. The van der Waals surface area contributed by atoms with E-state index in [2.05, 4.69) is 10.3 Å². The Morgan fingerprint density at radius 3 is 2.55 bits per heavy atom.